The second kappa shape index (κ2) is 10.3. The first-order valence-electron chi connectivity index (χ1n) is 8.39. The normalized spacial score (nSPS) is 15.8. The van der Waals surface area contributed by atoms with E-state index in [9.17, 15) is 0 Å². The molecule has 0 atom stereocenters. The lowest BCUT2D eigenvalue weighted by molar-refractivity contribution is 0.370. The summed E-state index contributed by atoms with van der Waals surface area (Å²) in [6.45, 7) is 7.71. The Morgan fingerprint density at radius 2 is 1.96 bits per heavy atom. The average molecular weight is 337 g/mol. The number of anilines is 1. The molecule has 0 spiro atoms. The number of hydrogen-bond donors (Lipinski definition) is 1. The molecular formula is C16H28N6S. The van der Waals surface area contributed by atoms with E-state index >= 15 is 0 Å². The summed E-state index contributed by atoms with van der Waals surface area (Å²) in [5, 5.41) is 3.42. The van der Waals surface area contributed by atoms with Crippen LogP contribution in [0.5, 0.6) is 0 Å². The van der Waals surface area contributed by atoms with Crippen LogP contribution in [0.1, 0.15) is 19.8 Å². The summed E-state index contributed by atoms with van der Waals surface area (Å²) in [6.07, 6.45) is 8.16. The van der Waals surface area contributed by atoms with Crippen LogP contribution in [0.3, 0.4) is 0 Å². The maximum Gasteiger partial charge on any atom is 0.225 e. The molecule has 2 rings (SSSR count). The van der Waals surface area contributed by atoms with Gasteiger partial charge in [-0.2, -0.15) is 11.8 Å². The van der Waals surface area contributed by atoms with E-state index in [0.29, 0.717) is 0 Å². The lowest BCUT2D eigenvalue weighted by Crippen LogP contribution is -2.53. The third-order valence-electron chi connectivity index (χ3n) is 3.77. The number of thioether (sulfide) groups is 1. The molecule has 1 aliphatic heterocycles. The minimum atomic E-state index is 0.825. The highest BCUT2D eigenvalue weighted by molar-refractivity contribution is 7.98. The highest BCUT2D eigenvalue weighted by Gasteiger charge is 2.20. The number of piperazine rings is 1. The van der Waals surface area contributed by atoms with Crippen molar-refractivity contribution >= 4 is 23.7 Å². The molecule has 7 heteroatoms. The van der Waals surface area contributed by atoms with Gasteiger partial charge in [-0.3, -0.25) is 4.99 Å². The van der Waals surface area contributed by atoms with E-state index in [1.54, 1.807) is 12.4 Å². The van der Waals surface area contributed by atoms with Gasteiger partial charge in [-0.25, -0.2) is 9.97 Å². The standard InChI is InChI=1S/C16H28N6S/c1-3-17-15(18-7-4-5-14-23-2)21-10-12-22(13-11-21)16-19-8-6-9-20-16/h6,8-9H,3-5,7,10-14H2,1-2H3,(H,17,18). The Balaban J connectivity index is 1.83. The fraction of sp³-hybridized carbons (Fsp3) is 0.688. The zero-order valence-electron chi connectivity index (χ0n) is 14.2. The largest absolute Gasteiger partial charge is 0.357 e. The van der Waals surface area contributed by atoms with Crippen LogP contribution in [0.2, 0.25) is 0 Å². The molecule has 0 saturated carbocycles. The van der Waals surface area contributed by atoms with Crippen molar-refractivity contribution in [3.63, 3.8) is 0 Å². The molecule has 1 aromatic heterocycles. The van der Waals surface area contributed by atoms with Gasteiger partial charge in [0.15, 0.2) is 5.96 Å². The molecule has 23 heavy (non-hydrogen) atoms. The minimum absolute atomic E-state index is 0.825. The van der Waals surface area contributed by atoms with Gasteiger partial charge in [0, 0.05) is 51.7 Å². The first-order valence-corrected chi connectivity index (χ1v) is 9.78. The van der Waals surface area contributed by atoms with Crippen molar-refractivity contribution in [3.05, 3.63) is 18.5 Å². The molecule has 1 aliphatic rings. The van der Waals surface area contributed by atoms with Gasteiger partial charge in [0.1, 0.15) is 0 Å². The van der Waals surface area contributed by atoms with Crippen LogP contribution in [0.15, 0.2) is 23.5 Å². The Morgan fingerprint density at radius 1 is 1.22 bits per heavy atom. The molecule has 1 aromatic rings. The number of nitrogens with zero attached hydrogens (tertiary/aromatic N) is 5. The number of hydrogen-bond acceptors (Lipinski definition) is 5. The molecule has 1 saturated heterocycles. The summed E-state index contributed by atoms with van der Waals surface area (Å²) in [7, 11) is 0. The van der Waals surface area contributed by atoms with Gasteiger partial charge in [-0.1, -0.05) is 0 Å². The van der Waals surface area contributed by atoms with Crippen molar-refractivity contribution in [3.8, 4) is 0 Å². The molecule has 6 nitrogen and oxygen atoms in total. The Hall–Kier alpha value is -1.50. The second-order valence-corrected chi connectivity index (χ2v) is 6.44. The Kier molecular flexibility index (Phi) is 8.00. The van der Waals surface area contributed by atoms with E-state index in [2.05, 4.69) is 38.3 Å². The van der Waals surface area contributed by atoms with Gasteiger partial charge < -0.3 is 15.1 Å². The van der Waals surface area contributed by atoms with Gasteiger partial charge in [0.2, 0.25) is 5.95 Å². The maximum absolute atomic E-state index is 4.78. The van der Waals surface area contributed by atoms with Gasteiger partial charge >= 0.3 is 0 Å². The van der Waals surface area contributed by atoms with Crippen molar-refractivity contribution < 1.29 is 0 Å². The van der Waals surface area contributed by atoms with Crippen molar-refractivity contribution in [1.82, 2.24) is 20.2 Å². The van der Waals surface area contributed by atoms with Crippen molar-refractivity contribution in [2.45, 2.75) is 19.8 Å². The summed E-state index contributed by atoms with van der Waals surface area (Å²) in [4.78, 5) is 18.0. The third-order valence-corrected chi connectivity index (χ3v) is 4.46. The SMILES string of the molecule is CCNC(=NCCCCSC)N1CCN(c2ncccn2)CC1. The molecule has 0 aliphatic carbocycles. The monoisotopic (exact) mass is 336 g/mol. The topological polar surface area (TPSA) is 56.7 Å². The molecule has 0 bridgehead atoms. The van der Waals surface area contributed by atoms with E-state index in [4.69, 9.17) is 4.99 Å². The average Bonchev–Trinajstić information content (AvgIpc) is 2.61. The fourth-order valence-electron chi connectivity index (χ4n) is 2.54. The molecule has 2 heterocycles. The van der Waals surface area contributed by atoms with Crippen LogP contribution >= 0.6 is 11.8 Å². The molecule has 0 unspecified atom stereocenters. The maximum atomic E-state index is 4.78. The first kappa shape index (κ1) is 17.8. The number of aliphatic imine (C=N–C) groups is 1. The van der Waals surface area contributed by atoms with Crippen molar-refractivity contribution in [1.29, 1.82) is 0 Å². The van der Waals surface area contributed by atoms with Crippen LogP contribution in [-0.4, -0.2) is 72.1 Å². The molecule has 0 radical (unpaired) electrons. The zero-order valence-corrected chi connectivity index (χ0v) is 15.1. The van der Waals surface area contributed by atoms with Crippen LogP contribution in [0.25, 0.3) is 0 Å². The van der Waals surface area contributed by atoms with Gasteiger partial charge in [0.05, 0.1) is 0 Å². The molecule has 1 fully saturated rings. The molecule has 1 N–H and O–H groups in total. The second-order valence-electron chi connectivity index (χ2n) is 5.46. The minimum Gasteiger partial charge on any atom is -0.357 e. The molecule has 0 aromatic carbocycles. The van der Waals surface area contributed by atoms with Crippen LogP contribution in [0.4, 0.5) is 5.95 Å². The quantitative estimate of drug-likeness (QED) is 0.465. The highest BCUT2D eigenvalue weighted by atomic mass is 32.2. The van der Waals surface area contributed by atoms with Crippen LogP contribution in [0, 0.1) is 0 Å². The highest BCUT2D eigenvalue weighted by Crippen LogP contribution is 2.10. The van der Waals surface area contributed by atoms with Gasteiger partial charge in [0.25, 0.3) is 0 Å². The summed E-state index contributed by atoms with van der Waals surface area (Å²) in [5.41, 5.74) is 0. The molecule has 128 valence electrons. The predicted molar refractivity (Wildman–Crippen MR) is 99.4 cm³/mol. The van der Waals surface area contributed by atoms with Crippen molar-refractivity contribution in [2.75, 3.05) is 56.2 Å². The van der Waals surface area contributed by atoms with Crippen LogP contribution in [-0.2, 0) is 0 Å². The van der Waals surface area contributed by atoms with Gasteiger partial charge in [-0.05, 0) is 37.8 Å². The zero-order chi connectivity index (χ0) is 16.3. The smallest absolute Gasteiger partial charge is 0.225 e. The number of unbranched alkanes of at least 4 members (excludes halogenated alkanes) is 1. The Bertz CT molecular complexity index is 459. The van der Waals surface area contributed by atoms with Gasteiger partial charge in [-0.15, -0.1) is 0 Å². The third kappa shape index (κ3) is 5.89. The predicted octanol–water partition coefficient (Wildman–Crippen LogP) is 1.71. The number of nitrogens with one attached hydrogen (secondary N) is 1. The van der Waals surface area contributed by atoms with Crippen LogP contribution < -0.4 is 10.2 Å². The first-order chi connectivity index (χ1) is 11.3. The number of aromatic nitrogens is 2. The summed E-state index contributed by atoms with van der Waals surface area (Å²) < 4.78 is 0. The lowest BCUT2D eigenvalue weighted by atomic mass is 10.3. The van der Waals surface area contributed by atoms with E-state index in [0.717, 1.165) is 57.6 Å². The van der Waals surface area contributed by atoms with E-state index in [-0.39, 0.29) is 0 Å². The number of rotatable bonds is 7. The molecular weight excluding hydrogens is 308 g/mol. The molecule has 0 amide bonds. The number of guanidine groups is 1. The van der Waals surface area contributed by atoms with E-state index in [1.807, 2.05) is 17.8 Å². The Labute approximate surface area is 143 Å². The summed E-state index contributed by atoms with van der Waals surface area (Å²) >= 11 is 1.91. The fourth-order valence-corrected chi connectivity index (χ4v) is 3.03. The summed E-state index contributed by atoms with van der Waals surface area (Å²) in [6, 6.07) is 1.85. The lowest BCUT2D eigenvalue weighted by Gasteiger charge is -2.36. The van der Waals surface area contributed by atoms with Crippen molar-refractivity contribution in [2.24, 2.45) is 4.99 Å². The summed E-state index contributed by atoms with van der Waals surface area (Å²) in [5.74, 6) is 3.10. The Morgan fingerprint density at radius 3 is 2.61 bits per heavy atom. The van der Waals surface area contributed by atoms with E-state index < -0.39 is 0 Å². The van der Waals surface area contributed by atoms with E-state index in [1.165, 1.54) is 12.2 Å².